The standard InChI is InChI=1S/C19H35N7O2S.HI/c1-6-28-19(27)25-12-10-24(11-13-25)17(20-4)21-9-7-8-16-22-23-18(29-5)26(16)14-15(2)3;/h15H,6-14H2,1-5H3,(H,20,21);1H. The van der Waals surface area contributed by atoms with Gasteiger partial charge in [0.15, 0.2) is 11.1 Å². The van der Waals surface area contributed by atoms with E-state index in [9.17, 15) is 4.79 Å². The van der Waals surface area contributed by atoms with Gasteiger partial charge in [0.2, 0.25) is 0 Å². The highest BCUT2D eigenvalue weighted by Gasteiger charge is 2.23. The fourth-order valence-electron chi connectivity index (χ4n) is 3.30. The maximum Gasteiger partial charge on any atom is 0.409 e. The molecule has 0 bridgehead atoms. The van der Waals surface area contributed by atoms with Crippen molar-refractivity contribution in [2.75, 3.05) is 52.6 Å². The number of nitrogens with one attached hydrogen (secondary N) is 1. The van der Waals surface area contributed by atoms with Gasteiger partial charge in [-0.1, -0.05) is 25.6 Å². The number of aryl methyl sites for hydroxylation is 1. The van der Waals surface area contributed by atoms with Crippen molar-refractivity contribution >= 4 is 47.8 Å². The first-order valence-corrected chi connectivity index (χ1v) is 11.6. The molecule has 30 heavy (non-hydrogen) atoms. The second kappa shape index (κ2) is 13.9. The van der Waals surface area contributed by atoms with Gasteiger partial charge < -0.3 is 24.4 Å². The summed E-state index contributed by atoms with van der Waals surface area (Å²) in [6, 6.07) is 0. The van der Waals surface area contributed by atoms with Gasteiger partial charge in [0, 0.05) is 52.7 Å². The van der Waals surface area contributed by atoms with E-state index >= 15 is 0 Å². The molecule has 1 aliphatic heterocycles. The van der Waals surface area contributed by atoms with Crippen LogP contribution in [0, 0.1) is 5.92 Å². The molecule has 1 fully saturated rings. The maximum absolute atomic E-state index is 11.8. The summed E-state index contributed by atoms with van der Waals surface area (Å²) in [4.78, 5) is 20.2. The number of hydrogen-bond acceptors (Lipinski definition) is 6. The number of nitrogens with zero attached hydrogens (tertiary/aromatic N) is 6. The fourth-order valence-corrected chi connectivity index (χ4v) is 3.82. The molecule has 1 amide bonds. The van der Waals surface area contributed by atoms with Crippen LogP contribution in [0.2, 0.25) is 0 Å². The highest BCUT2D eigenvalue weighted by atomic mass is 127. The molecule has 172 valence electrons. The van der Waals surface area contributed by atoms with Gasteiger partial charge in [-0.25, -0.2) is 4.79 Å². The first-order valence-electron chi connectivity index (χ1n) is 10.3. The lowest BCUT2D eigenvalue weighted by Gasteiger charge is -2.35. The molecule has 0 aromatic carbocycles. The molecule has 9 nitrogen and oxygen atoms in total. The van der Waals surface area contributed by atoms with Gasteiger partial charge in [0.1, 0.15) is 5.82 Å². The first kappa shape index (κ1) is 26.8. The summed E-state index contributed by atoms with van der Waals surface area (Å²) in [6.45, 7) is 11.2. The third kappa shape index (κ3) is 7.78. The molecule has 0 unspecified atom stereocenters. The Morgan fingerprint density at radius 2 is 1.90 bits per heavy atom. The Morgan fingerprint density at radius 1 is 1.23 bits per heavy atom. The van der Waals surface area contributed by atoms with Gasteiger partial charge in [-0.15, -0.1) is 34.2 Å². The molecule has 11 heteroatoms. The smallest absolute Gasteiger partial charge is 0.409 e. The van der Waals surface area contributed by atoms with Gasteiger partial charge in [-0.05, 0) is 25.5 Å². The molecule has 0 atom stereocenters. The van der Waals surface area contributed by atoms with Gasteiger partial charge in [-0.2, -0.15) is 0 Å². The van der Waals surface area contributed by atoms with Crippen LogP contribution in [0.25, 0.3) is 0 Å². The second-order valence-corrected chi connectivity index (χ2v) is 8.13. The number of hydrogen-bond donors (Lipinski definition) is 1. The number of piperazine rings is 1. The number of aromatic nitrogens is 3. The summed E-state index contributed by atoms with van der Waals surface area (Å²) in [5.41, 5.74) is 0. The Hall–Kier alpha value is -1.24. The molecule has 1 aromatic heterocycles. The van der Waals surface area contributed by atoms with Crippen LogP contribution in [-0.4, -0.2) is 89.3 Å². The zero-order chi connectivity index (χ0) is 21.2. The van der Waals surface area contributed by atoms with E-state index < -0.39 is 0 Å². The average Bonchev–Trinajstić information content (AvgIpc) is 3.09. The van der Waals surface area contributed by atoms with Crippen LogP contribution in [-0.2, 0) is 17.7 Å². The largest absolute Gasteiger partial charge is 0.450 e. The van der Waals surface area contributed by atoms with Crippen LogP contribution in [0.1, 0.15) is 33.0 Å². The number of carbonyl (C=O) groups is 1. The van der Waals surface area contributed by atoms with E-state index in [0.29, 0.717) is 25.6 Å². The summed E-state index contributed by atoms with van der Waals surface area (Å²) in [5.74, 6) is 2.48. The van der Waals surface area contributed by atoms with Crippen LogP contribution in [0.3, 0.4) is 0 Å². The van der Waals surface area contributed by atoms with Crippen molar-refractivity contribution in [3.63, 3.8) is 0 Å². The highest BCUT2D eigenvalue weighted by molar-refractivity contribution is 14.0. The second-order valence-electron chi connectivity index (χ2n) is 7.36. The monoisotopic (exact) mass is 553 g/mol. The van der Waals surface area contributed by atoms with E-state index in [2.05, 4.69) is 43.8 Å². The lowest BCUT2D eigenvalue weighted by atomic mass is 10.2. The van der Waals surface area contributed by atoms with E-state index in [1.165, 1.54) is 0 Å². The first-order chi connectivity index (χ1) is 14.0. The summed E-state index contributed by atoms with van der Waals surface area (Å²) in [7, 11) is 1.80. The van der Waals surface area contributed by atoms with Crippen molar-refractivity contribution in [1.82, 2.24) is 29.9 Å². The molecule has 0 radical (unpaired) electrons. The summed E-state index contributed by atoms with van der Waals surface area (Å²) in [6.07, 6.45) is 3.63. The minimum Gasteiger partial charge on any atom is -0.450 e. The Kier molecular flexibility index (Phi) is 12.5. The molecule has 0 saturated carbocycles. The predicted octanol–water partition coefficient (Wildman–Crippen LogP) is 2.56. The Morgan fingerprint density at radius 3 is 2.47 bits per heavy atom. The van der Waals surface area contributed by atoms with E-state index in [4.69, 9.17) is 4.74 Å². The lowest BCUT2D eigenvalue weighted by molar-refractivity contribution is 0.0914. The van der Waals surface area contributed by atoms with Crippen LogP contribution >= 0.6 is 35.7 Å². The van der Waals surface area contributed by atoms with Crippen LogP contribution < -0.4 is 5.32 Å². The third-order valence-corrected chi connectivity index (χ3v) is 5.37. The van der Waals surface area contributed by atoms with E-state index in [1.54, 1.807) is 23.7 Å². The molecule has 0 aliphatic carbocycles. The van der Waals surface area contributed by atoms with Crippen molar-refractivity contribution in [3.8, 4) is 0 Å². The summed E-state index contributed by atoms with van der Waals surface area (Å²) >= 11 is 1.64. The molecular formula is C19H36IN7O2S. The van der Waals surface area contributed by atoms with Crippen LogP contribution in [0.5, 0.6) is 0 Å². The predicted molar refractivity (Wildman–Crippen MR) is 132 cm³/mol. The Bertz CT molecular complexity index is 676. The number of amides is 1. The van der Waals surface area contributed by atoms with Gasteiger partial charge >= 0.3 is 6.09 Å². The molecule has 1 saturated heterocycles. The number of aliphatic imine (C=N–C) groups is 1. The van der Waals surface area contributed by atoms with Crippen molar-refractivity contribution in [3.05, 3.63) is 5.82 Å². The topological polar surface area (TPSA) is 87.9 Å². The zero-order valence-electron chi connectivity index (χ0n) is 18.8. The fraction of sp³-hybridized carbons (Fsp3) is 0.789. The Balaban J connectivity index is 0.00000450. The lowest BCUT2D eigenvalue weighted by Crippen LogP contribution is -2.54. The van der Waals surface area contributed by atoms with E-state index in [1.807, 2.05) is 13.2 Å². The minimum absolute atomic E-state index is 0. The number of thioether (sulfide) groups is 1. The average molecular weight is 554 g/mol. The number of guanidine groups is 1. The zero-order valence-corrected chi connectivity index (χ0v) is 21.9. The molecule has 1 aromatic rings. The Labute approximate surface area is 201 Å². The third-order valence-electron chi connectivity index (χ3n) is 4.70. The minimum atomic E-state index is -0.231. The van der Waals surface area contributed by atoms with Gasteiger partial charge in [0.05, 0.1) is 6.61 Å². The van der Waals surface area contributed by atoms with Crippen molar-refractivity contribution < 1.29 is 9.53 Å². The SMILES string of the molecule is CCOC(=O)N1CCN(C(=NC)NCCCc2nnc(SC)n2CC(C)C)CC1.I. The van der Waals surface area contributed by atoms with Gasteiger partial charge in [0.25, 0.3) is 0 Å². The normalized spacial score (nSPS) is 14.7. The highest BCUT2D eigenvalue weighted by Crippen LogP contribution is 2.16. The number of rotatable bonds is 8. The van der Waals surface area contributed by atoms with E-state index in [0.717, 1.165) is 56.0 Å². The molecular weight excluding hydrogens is 517 g/mol. The molecule has 1 aliphatic rings. The van der Waals surface area contributed by atoms with E-state index in [-0.39, 0.29) is 30.1 Å². The summed E-state index contributed by atoms with van der Waals surface area (Å²) < 4.78 is 7.31. The number of carbonyl (C=O) groups excluding carboxylic acids is 1. The van der Waals surface area contributed by atoms with Crippen LogP contribution in [0.4, 0.5) is 4.79 Å². The van der Waals surface area contributed by atoms with Crippen molar-refractivity contribution in [2.24, 2.45) is 10.9 Å². The number of ether oxygens (including phenoxy) is 1. The number of halogens is 1. The molecule has 2 rings (SSSR count). The van der Waals surface area contributed by atoms with Crippen molar-refractivity contribution in [1.29, 1.82) is 0 Å². The summed E-state index contributed by atoms with van der Waals surface area (Å²) in [5, 5.41) is 13.1. The maximum atomic E-state index is 11.8. The molecule has 0 spiro atoms. The quantitative estimate of drug-likeness (QED) is 0.174. The molecule has 2 heterocycles. The van der Waals surface area contributed by atoms with Crippen molar-refractivity contribution in [2.45, 2.75) is 45.3 Å². The molecule has 1 N–H and O–H groups in total. The van der Waals surface area contributed by atoms with Gasteiger partial charge in [-0.3, -0.25) is 4.99 Å². The van der Waals surface area contributed by atoms with Crippen LogP contribution in [0.15, 0.2) is 10.1 Å².